The number of nitrogens with zero attached hydrogens (tertiary/aromatic N) is 1. The van der Waals surface area contributed by atoms with Crippen molar-refractivity contribution in [2.45, 2.75) is 58.3 Å². The lowest BCUT2D eigenvalue weighted by molar-refractivity contribution is 0.666. The molecule has 51 heavy (non-hydrogen) atoms. The first-order chi connectivity index (χ1) is 25.0. The van der Waals surface area contributed by atoms with Crippen LogP contribution in [0, 0.1) is 6.92 Å². The van der Waals surface area contributed by atoms with Gasteiger partial charge in [-0.1, -0.05) is 147 Å². The molecule has 1 aromatic heterocycles. The number of aromatic nitrogens is 1. The average molecular weight is 660 g/mol. The Labute approximate surface area is 303 Å². The molecule has 0 bridgehead atoms. The molecule has 7 aromatic rings. The largest absolute Gasteiger partial charge is 0.256 e. The van der Waals surface area contributed by atoms with Crippen LogP contribution in [0.3, 0.4) is 0 Å². The van der Waals surface area contributed by atoms with Gasteiger partial charge in [0.1, 0.15) is 0 Å². The first kappa shape index (κ1) is 32.7. The van der Waals surface area contributed by atoms with E-state index in [0.29, 0.717) is 0 Å². The molecule has 1 nitrogen and oxygen atoms in total. The minimum absolute atomic E-state index is 0.264. The maximum atomic E-state index is 4.96. The van der Waals surface area contributed by atoms with Gasteiger partial charge < -0.3 is 0 Å². The number of pyridine rings is 1. The van der Waals surface area contributed by atoms with Crippen molar-refractivity contribution in [2.24, 2.45) is 0 Å². The summed E-state index contributed by atoms with van der Waals surface area (Å²) in [6, 6.07) is 56.1. The van der Waals surface area contributed by atoms with Crippen LogP contribution in [0.5, 0.6) is 0 Å². The molecule has 6 aromatic carbocycles. The van der Waals surface area contributed by atoms with Crippen molar-refractivity contribution >= 4 is 0 Å². The predicted octanol–water partition coefficient (Wildman–Crippen LogP) is 13.5. The molecule has 0 saturated heterocycles. The fraction of sp³-hybridized carbons (Fsp3) is 0.180. The van der Waals surface area contributed by atoms with Gasteiger partial charge in [0.25, 0.3) is 0 Å². The third kappa shape index (κ3) is 6.34. The molecule has 1 atom stereocenters. The Morgan fingerprint density at radius 2 is 1.10 bits per heavy atom. The molecule has 1 aliphatic carbocycles. The zero-order chi connectivity index (χ0) is 34.8. The molecule has 0 fully saturated rings. The van der Waals surface area contributed by atoms with Crippen LogP contribution in [0.4, 0.5) is 0 Å². The van der Waals surface area contributed by atoms with Gasteiger partial charge >= 0.3 is 0 Å². The van der Waals surface area contributed by atoms with E-state index in [1.54, 1.807) is 0 Å². The summed E-state index contributed by atoms with van der Waals surface area (Å²) in [4.78, 5) is 4.96. The lowest BCUT2D eigenvalue weighted by Gasteiger charge is -2.29. The molecule has 1 aliphatic rings. The van der Waals surface area contributed by atoms with Gasteiger partial charge in [-0.2, -0.15) is 0 Å². The van der Waals surface area contributed by atoms with E-state index in [0.717, 1.165) is 23.2 Å². The van der Waals surface area contributed by atoms with Crippen molar-refractivity contribution in [2.75, 3.05) is 0 Å². The highest BCUT2D eigenvalue weighted by Crippen LogP contribution is 2.53. The normalized spacial score (nSPS) is 14.6. The Kier molecular flexibility index (Phi) is 8.97. The third-order valence-corrected chi connectivity index (χ3v) is 10.9. The zero-order valence-electron chi connectivity index (χ0n) is 30.0. The standard InChI is InChI=1S/C50H45N/c1-4-5-6-9-14-36-20-23-44(24-21-36)50(3)47-29-35(2)19-25-45(47)46-26-22-40(33-48(46)50)49-34-39(27-28-51-49)43-31-41(37-15-10-7-11-16-37)30-42(32-43)38-17-12-8-13-18-38/h7-8,10-13,15-34H,4-6,9,14H2,1-3H3. The van der Waals surface area contributed by atoms with Gasteiger partial charge in [-0.05, 0) is 130 Å². The second-order valence-corrected chi connectivity index (χ2v) is 14.4. The van der Waals surface area contributed by atoms with Gasteiger partial charge in [0, 0.05) is 17.2 Å². The molecule has 0 N–H and O–H groups in total. The Hall–Kier alpha value is -5.53. The van der Waals surface area contributed by atoms with Crippen molar-refractivity contribution in [3.8, 4) is 55.8 Å². The second kappa shape index (κ2) is 14.0. The number of rotatable bonds is 10. The van der Waals surface area contributed by atoms with Crippen LogP contribution in [-0.2, 0) is 11.8 Å². The number of hydrogen-bond acceptors (Lipinski definition) is 1. The van der Waals surface area contributed by atoms with Gasteiger partial charge in [-0.15, -0.1) is 0 Å². The van der Waals surface area contributed by atoms with Crippen LogP contribution in [0.2, 0.25) is 0 Å². The van der Waals surface area contributed by atoms with Crippen molar-refractivity contribution in [3.63, 3.8) is 0 Å². The van der Waals surface area contributed by atoms with E-state index in [9.17, 15) is 0 Å². The molecule has 0 saturated carbocycles. The fourth-order valence-corrected chi connectivity index (χ4v) is 8.03. The summed E-state index contributed by atoms with van der Waals surface area (Å²) >= 11 is 0. The number of unbranched alkanes of at least 4 members (excludes halogenated alkanes) is 3. The van der Waals surface area contributed by atoms with Gasteiger partial charge in [-0.3, -0.25) is 4.98 Å². The number of aryl methyl sites for hydroxylation is 2. The van der Waals surface area contributed by atoms with Gasteiger partial charge in [0.15, 0.2) is 0 Å². The lowest BCUT2D eigenvalue weighted by Crippen LogP contribution is -2.22. The minimum atomic E-state index is -0.264. The summed E-state index contributed by atoms with van der Waals surface area (Å²) in [5.74, 6) is 0. The molecule has 0 aliphatic heterocycles. The molecule has 1 unspecified atom stereocenters. The molecule has 250 valence electrons. The molecule has 0 spiro atoms. The number of fused-ring (bicyclic) bond motifs is 3. The minimum Gasteiger partial charge on any atom is -0.256 e. The van der Waals surface area contributed by atoms with Crippen LogP contribution in [0.25, 0.3) is 55.8 Å². The van der Waals surface area contributed by atoms with E-state index in [1.807, 2.05) is 6.20 Å². The van der Waals surface area contributed by atoms with Gasteiger partial charge in [0.05, 0.1) is 5.69 Å². The summed E-state index contributed by atoms with van der Waals surface area (Å²) in [6.45, 7) is 6.90. The Balaban J connectivity index is 1.20. The first-order valence-corrected chi connectivity index (χ1v) is 18.6. The van der Waals surface area contributed by atoms with E-state index in [4.69, 9.17) is 4.98 Å². The van der Waals surface area contributed by atoms with Gasteiger partial charge in [0.2, 0.25) is 0 Å². The van der Waals surface area contributed by atoms with E-state index in [1.165, 1.54) is 92.4 Å². The van der Waals surface area contributed by atoms with E-state index in [2.05, 4.69) is 172 Å². The number of benzene rings is 6. The lowest BCUT2D eigenvalue weighted by atomic mass is 9.73. The highest BCUT2D eigenvalue weighted by Gasteiger charge is 2.41. The summed E-state index contributed by atoms with van der Waals surface area (Å²) in [7, 11) is 0. The highest BCUT2D eigenvalue weighted by molar-refractivity contribution is 5.87. The van der Waals surface area contributed by atoms with Crippen LogP contribution in [0.1, 0.15) is 67.3 Å². The van der Waals surface area contributed by atoms with Crippen molar-refractivity contribution in [1.29, 1.82) is 0 Å². The highest BCUT2D eigenvalue weighted by atomic mass is 14.7. The molecular weight excluding hydrogens is 615 g/mol. The summed E-state index contributed by atoms with van der Waals surface area (Å²) in [5, 5.41) is 0. The van der Waals surface area contributed by atoms with Crippen molar-refractivity contribution in [1.82, 2.24) is 4.98 Å². The van der Waals surface area contributed by atoms with Gasteiger partial charge in [-0.25, -0.2) is 0 Å². The number of hydrogen-bond donors (Lipinski definition) is 0. The predicted molar refractivity (Wildman–Crippen MR) is 216 cm³/mol. The Morgan fingerprint density at radius 1 is 0.490 bits per heavy atom. The first-order valence-electron chi connectivity index (χ1n) is 18.6. The molecule has 0 radical (unpaired) electrons. The summed E-state index contributed by atoms with van der Waals surface area (Å²) in [5.41, 5.74) is 18.5. The fourth-order valence-electron chi connectivity index (χ4n) is 8.03. The van der Waals surface area contributed by atoms with E-state index in [-0.39, 0.29) is 5.41 Å². The van der Waals surface area contributed by atoms with Crippen molar-refractivity contribution in [3.05, 3.63) is 186 Å². The Morgan fingerprint density at radius 3 is 1.75 bits per heavy atom. The maximum Gasteiger partial charge on any atom is 0.0708 e. The van der Waals surface area contributed by atoms with Crippen molar-refractivity contribution < 1.29 is 0 Å². The average Bonchev–Trinajstić information content (AvgIpc) is 3.44. The van der Waals surface area contributed by atoms with Crippen LogP contribution in [-0.4, -0.2) is 4.98 Å². The zero-order valence-corrected chi connectivity index (χ0v) is 30.0. The van der Waals surface area contributed by atoms with Crippen LogP contribution >= 0.6 is 0 Å². The quantitative estimate of drug-likeness (QED) is 0.133. The topological polar surface area (TPSA) is 12.9 Å². The summed E-state index contributed by atoms with van der Waals surface area (Å²) < 4.78 is 0. The van der Waals surface area contributed by atoms with E-state index >= 15 is 0 Å². The monoisotopic (exact) mass is 659 g/mol. The molecule has 1 heterocycles. The second-order valence-electron chi connectivity index (χ2n) is 14.4. The summed E-state index contributed by atoms with van der Waals surface area (Å²) in [6.07, 6.45) is 8.27. The molecular formula is C50H45N. The maximum absolute atomic E-state index is 4.96. The SMILES string of the molecule is CCCCCCc1ccc(C2(C)c3cc(C)ccc3-c3ccc(-c4cc(-c5cc(-c6ccccc6)cc(-c6ccccc6)c5)ccn4)cc32)cc1. The molecule has 8 rings (SSSR count). The smallest absolute Gasteiger partial charge is 0.0708 e. The van der Waals surface area contributed by atoms with Crippen LogP contribution in [0.15, 0.2) is 158 Å². The molecule has 1 heteroatoms. The van der Waals surface area contributed by atoms with E-state index < -0.39 is 0 Å². The van der Waals surface area contributed by atoms with Crippen LogP contribution < -0.4 is 0 Å². The molecule has 0 amide bonds. The third-order valence-electron chi connectivity index (χ3n) is 10.9. The Bertz CT molecular complexity index is 2240.